The van der Waals surface area contributed by atoms with Crippen molar-refractivity contribution in [2.75, 3.05) is 25.1 Å². The number of aromatic nitrogens is 3. The summed E-state index contributed by atoms with van der Waals surface area (Å²) in [4.78, 5) is 22.2. The predicted octanol–water partition coefficient (Wildman–Crippen LogP) is 3.15. The quantitative estimate of drug-likeness (QED) is 0.575. The Morgan fingerprint density at radius 1 is 1.21 bits per heavy atom. The Bertz CT molecular complexity index is 1320. The van der Waals surface area contributed by atoms with Crippen LogP contribution in [0, 0.1) is 17.1 Å². The van der Waals surface area contributed by atoms with Crippen LogP contribution in [0.5, 0.6) is 5.75 Å². The van der Waals surface area contributed by atoms with Crippen molar-refractivity contribution in [3.8, 4) is 11.8 Å². The summed E-state index contributed by atoms with van der Waals surface area (Å²) in [5.74, 6) is 0.859. The van der Waals surface area contributed by atoms with Crippen LogP contribution in [0.15, 0.2) is 29.1 Å². The van der Waals surface area contributed by atoms with Gasteiger partial charge in [-0.3, -0.25) is 14.3 Å². The lowest BCUT2D eigenvalue weighted by Crippen LogP contribution is -2.57. The summed E-state index contributed by atoms with van der Waals surface area (Å²) in [6.07, 6.45) is 0.176. The zero-order valence-electron chi connectivity index (χ0n) is 20.5. The maximum atomic E-state index is 13.7. The molecular weight excluding hydrogens is 435 g/mol. The van der Waals surface area contributed by atoms with E-state index in [0.717, 1.165) is 23.3 Å². The summed E-state index contributed by atoms with van der Waals surface area (Å²) in [5.41, 5.74) is 3.07. The normalized spacial score (nSPS) is 19.9. The summed E-state index contributed by atoms with van der Waals surface area (Å²) in [5, 5.41) is 9.20. The Hall–Kier alpha value is -3.38. The van der Waals surface area contributed by atoms with E-state index >= 15 is 0 Å². The Kier molecular flexibility index (Phi) is 6.36. The van der Waals surface area contributed by atoms with E-state index in [0.29, 0.717) is 23.8 Å². The molecule has 1 aliphatic heterocycles. The van der Waals surface area contributed by atoms with Gasteiger partial charge >= 0.3 is 0 Å². The number of rotatable bonds is 5. The molecule has 0 spiro atoms. The van der Waals surface area contributed by atoms with Crippen LogP contribution in [0.3, 0.4) is 0 Å². The zero-order valence-corrected chi connectivity index (χ0v) is 20.5. The Morgan fingerprint density at radius 2 is 1.94 bits per heavy atom. The van der Waals surface area contributed by atoms with Gasteiger partial charge in [0.05, 0.1) is 25.3 Å². The highest BCUT2D eigenvalue weighted by molar-refractivity contribution is 5.87. The predicted molar refractivity (Wildman–Crippen MR) is 130 cm³/mol. The molecule has 1 aliphatic rings. The molecule has 1 fully saturated rings. The Morgan fingerprint density at radius 3 is 2.62 bits per heavy atom. The van der Waals surface area contributed by atoms with Crippen LogP contribution in [0.4, 0.5) is 10.1 Å². The molecule has 2 aromatic heterocycles. The molecule has 0 N–H and O–H groups in total. The first-order valence-corrected chi connectivity index (χ1v) is 11.5. The number of ether oxygens (including phenoxy) is 1. The number of hydrogen-bond donors (Lipinski definition) is 0. The molecule has 180 valence electrons. The molecule has 3 atom stereocenters. The number of pyridine rings is 1. The molecule has 3 heterocycles. The van der Waals surface area contributed by atoms with Gasteiger partial charge in [-0.1, -0.05) is 6.07 Å². The third-order valence-corrected chi connectivity index (χ3v) is 7.03. The number of hydrogen-bond acceptors (Lipinski definition) is 6. The summed E-state index contributed by atoms with van der Waals surface area (Å²) in [6, 6.07) is 8.76. The third kappa shape index (κ3) is 3.92. The number of halogens is 1. The lowest BCUT2D eigenvalue weighted by atomic mass is 9.99. The zero-order chi connectivity index (χ0) is 24.7. The van der Waals surface area contributed by atoms with Crippen molar-refractivity contribution in [3.05, 3.63) is 51.8 Å². The van der Waals surface area contributed by atoms with Crippen LogP contribution >= 0.6 is 0 Å². The van der Waals surface area contributed by atoms with Gasteiger partial charge in [0.15, 0.2) is 0 Å². The number of anilines is 1. The van der Waals surface area contributed by atoms with E-state index in [-0.39, 0.29) is 35.9 Å². The van der Waals surface area contributed by atoms with Crippen LogP contribution in [-0.4, -0.2) is 51.3 Å². The molecule has 3 aromatic rings. The van der Waals surface area contributed by atoms with Gasteiger partial charge in [0.25, 0.3) is 5.56 Å². The smallest absolute Gasteiger partial charge is 0.254 e. The van der Waals surface area contributed by atoms with Gasteiger partial charge in [0.2, 0.25) is 0 Å². The van der Waals surface area contributed by atoms with Gasteiger partial charge in [-0.25, -0.2) is 9.37 Å². The van der Waals surface area contributed by atoms with Crippen molar-refractivity contribution in [1.29, 1.82) is 5.26 Å². The molecule has 1 unspecified atom stereocenters. The van der Waals surface area contributed by atoms with E-state index in [1.807, 2.05) is 11.6 Å². The highest BCUT2D eigenvalue weighted by Crippen LogP contribution is 2.35. The molecule has 0 bridgehead atoms. The Labute approximate surface area is 198 Å². The van der Waals surface area contributed by atoms with E-state index in [2.05, 4.69) is 36.6 Å². The molecule has 1 saturated heterocycles. The minimum absolute atomic E-state index is 0.0240. The van der Waals surface area contributed by atoms with E-state index in [1.165, 1.54) is 12.1 Å². The number of fused-ring (bicyclic) bond motifs is 1. The number of piperazine rings is 1. The molecule has 8 nitrogen and oxygen atoms in total. The van der Waals surface area contributed by atoms with Gasteiger partial charge in [-0.2, -0.15) is 5.26 Å². The minimum atomic E-state index is -0.320. The number of aryl methyl sites for hydroxylation is 2. The molecule has 34 heavy (non-hydrogen) atoms. The van der Waals surface area contributed by atoms with Gasteiger partial charge in [-0.05, 0) is 26.8 Å². The average Bonchev–Trinajstić information content (AvgIpc) is 3.13. The lowest BCUT2D eigenvalue weighted by Gasteiger charge is -2.47. The summed E-state index contributed by atoms with van der Waals surface area (Å²) in [6.45, 7) is 7.84. The van der Waals surface area contributed by atoms with E-state index < -0.39 is 0 Å². The molecule has 0 aliphatic carbocycles. The van der Waals surface area contributed by atoms with E-state index in [4.69, 9.17) is 9.72 Å². The van der Waals surface area contributed by atoms with Gasteiger partial charge in [0, 0.05) is 63.0 Å². The lowest BCUT2D eigenvalue weighted by molar-refractivity contribution is 0.118. The third-order valence-electron chi connectivity index (χ3n) is 7.03. The first-order chi connectivity index (χ1) is 16.2. The highest BCUT2D eigenvalue weighted by Gasteiger charge is 2.35. The second kappa shape index (κ2) is 9.11. The van der Waals surface area contributed by atoms with Crippen LogP contribution in [0.25, 0.3) is 11.2 Å². The van der Waals surface area contributed by atoms with E-state index in [9.17, 15) is 14.4 Å². The van der Waals surface area contributed by atoms with Gasteiger partial charge < -0.3 is 14.2 Å². The Balaban J connectivity index is 1.70. The van der Waals surface area contributed by atoms with Crippen LogP contribution in [0.1, 0.15) is 38.2 Å². The van der Waals surface area contributed by atoms with Crippen molar-refractivity contribution in [2.24, 2.45) is 14.1 Å². The molecule has 0 saturated carbocycles. The standard InChI is InChI=1S/C25H31FN6O2/c1-15-14-32(16(2)13-31(15)17(3)19-8-7-18(26)11-21(19)34-6)20-12-23(33)30(5)25-24(20)28-22(9-10-27)29(25)4/h7-8,11-12,15-17H,9,13-14H2,1-6H3/t15-,16+,17?/m1/s1. The largest absolute Gasteiger partial charge is 0.496 e. The monoisotopic (exact) mass is 466 g/mol. The van der Waals surface area contributed by atoms with Crippen LogP contribution in [-0.2, 0) is 20.5 Å². The molecule has 9 heteroatoms. The fraction of sp³-hybridized carbons (Fsp3) is 0.480. The minimum Gasteiger partial charge on any atom is -0.496 e. The van der Waals surface area contributed by atoms with Crippen molar-refractivity contribution in [3.63, 3.8) is 0 Å². The number of imidazole rings is 1. The SMILES string of the molecule is COc1cc(F)ccc1C(C)N1C[C@H](C)N(c2cc(=O)n(C)c3c2nc(CC#N)n3C)C[C@H]1C. The van der Waals surface area contributed by atoms with Crippen molar-refractivity contribution in [2.45, 2.75) is 45.3 Å². The second-order valence-electron chi connectivity index (χ2n) is 9.13. The number of methoxy groups -OCH3 is 1. The molecular formula is C25H31FN6O2. The molecule has 0 radical (unpaired) electrons. The summed E-state index contributed by atoms with van der Waals surface area (Å²) < 4.78 is 22.6. The number of benzene rings is 1. The number of nitrogens with zero attached hydrogens (tertiary/aromatic N) is 6. The molecule has 0 amide bonds. The summed E-state index contributed by atoms with van der Waals surface area (Å²) >= 11 is 0. The first-order valence-electron chi connectivity index (χ1n) is 11.5. The molecule has 1 aromatic carbocycles. The number of nitriles is 1. The van der Waals surface area contributed by atoms with Crippen LogP contribution < -0.4 is 15.2 Å². The highest BCUT2D eigenvalue weighted by atomic mass is 19.1. The van der Waals surface area contributed by atoms with Crippen molar-refractivity contribution in [1.82, 2.24) is 19.0 Å². The molecule has 4 rings (SSSR count). The second-order valence-corrected chi connectivity index (χ2v) is 9.13. The van der Waals surface area contributed by atoms with Gasteiger partial charge in [0.1, 0.15) is 28.6 Å². The topological polar surface area (TPSA) is 79.3 Å². The van der Waals surface area contributed by atoms with Crippen molar-refractivity contribution < 1.29 is 9.13 Å². The fourth-order valence-corrected chi connectivity index (χ4v) is 5.16. The first kappa shape index (κ1) is 23.8. The van der Waals surface area contributed by atoms with Crippen molar-refractivity contribution >= 4 is 16.9 Å². The fourth-order valence-electron chi connectivity index (χ4n) is 5.16. The van der Waals surface area contributed by atoms with Gasteiger partial charge in [-0.15, -0.1) is 0 Å². The summed E-state index contributed by atoms with van der Waals surface area (Å²) in [7, 11) is 5.13. The van der Waals surface area contributed by atoms with Crippen LogP contribution in [0.2, 0.25) is 0 Å². The van der Waals surface area contributed by atoms with E-state index in [1.54, 1.807) is 30.9 Å². The maximum absolute atomic E-state index is 13.7. The maximum Gasteiger partial charge on any atom is 0.254 e. The average molecular weight is 467 g/mol.